The first-order valence-corrected chi connectivity index (χ1v) is 6.66. The highest BCUT2D eigenvalue weighted by molar-refractivity contribution is 5.82. The van der Waals surface area contributed by atoms with Gasteiger partial charge >= 0.3 is 0 Å². The first-order chi connectivity index (χ1) is 10.2. The standard InChI is InChI=1S/C17H14F2N2/c1-20-16(12-7-8-14(18)15(19)10-12)13-6-2-4-11-5-3-9-21-17(11)13/h2-10,16,20H,1H3. The van der Waals surface area contributed by atoms with Gasteiger partial charge in [-0.2, -0.15) is 0 Å². The fourth-order valence-corrected chi connectivity index (χ4v) is 2.55. The van der Waals surface area contributed by atoms with Crippen molar-refractivity contribution in [2.24, 2.45) is 0 Å². The van der Waals surface area contributed by atoms with Gasteiger partial charge in [0, 0.05) is 11.6 Å². The van der Waals surface area contributed by atoms with Crippen molar-refractivity contribution >= 4 is 10.9 Å². The molecule has 0 fully saturated rings. The fourth-order valence-electron chi connectivity index (χ4n) is 2.55. The number of nitrogens with one attached hydrogen (secondary N) is 1. The lowest BCUT2D eigenvalue weighted by molar-refractivity contribution is 0.505. The van der Waals surface area contributed by atoms with Crippen LogP contribution in [0.25, 0.3) is 10.9 Å². The molecule has 0 spiro atoms. The molecular weight excluding hydrogens is 270 g/mol. The molecule has 0 radical (unpaired) electrons. The molecule has 2 nitrogen and oxygen atoms in total. The van der Waals surface area contributed by atoms with E-state index < -0.39 is 11.6 Å². The third-order valence-corrected chi connectivity index (χ3v) is 3.54. The summed E-state index contributed by atoms with van der Waals surface area (Å²) in [5.41, 5.74) is 2.44. The van der Waals surface area contributed by atoms with Crippen LogP contribution in [0.3, 0.4) is 0 Å². The van der Waals surface area contributed by atoms with E-state index in [1.165, 1.54) is 6.07 Å². The third-order valence-electron chi connectivity index (χ3n) is 3.54. The SMILES string of the molecule is CNC(c1ccc(F)c(F)c1)c1cccc2cccnc12. The number of halogens is 2. The Bertz CT molecular complexity index is 781. The number of aromatic nitrogens is 1. The van der Waals surface area contributed by atoms with Gasteiger partial charge in [-0.3, -0.25) is 4.98 Å². The van der Waals surface area contributed by atoms with Crippen LogP contribution in [0.2, 0.25) is 0 Å². The molecule has 2 aromatic carbocycles. The zero-order valence-corrected chi connectivity index (χ0v) is 11.5. The molecule has 0 saturated heterocycles. The van der Waals surface area contributed by atoms with Crippen molar-refractivity contribution in [3.8, 4) is 0 Å². The maximum absolute atomic E-state index is 13.5. The number of rotatable bonds is 3. The Labute approximate surface area is 121 Å². The van der Waals surface area contributed by atoms with Crippen molar-refractivity contribution in [1.29, 1.82) is 0 Å². The lowest BCUT2D eigenvalue weighted by Crippen LogP contribution is -2.18. The van der Waals surface area contributed by atoms with Crippen LogP contribution in [-0.4, -0.2) is 12.0 Å². The average molecular weight is 284 g/mol. The maximum Gasteiger partial charge on any atom is 0.159 e. The van der Waals surface area contributed by atoms with Gasteiger partial charge in [0.1, 0.15) is 0 Å². The van der Waals surface area contributed by atoms with Crippen LogP contribution < -0.4 is 5.32 Å². The maximum atomic E-state index is 13.5. The van der Waals surface area contributed by atoms with Gasteiger partial charge in [0.2, 0.25) is 0 Å². The minimum Gasteiger partial charge on any atom is -0.309 e. The number of fused-ring (bicyclic) bond motifs is 1. The van der Waals surface area contributed by atoms with Crippen LogP contribution in [0, 0.1) is 11.6 Å². The molecule has 1 atom stereocenters. The van der Waals surface area contributed by atoms with Crippen LogP contribution in [-0.2, 0) is 0 Å². The van der Waals surface area contributed by atoms with Gasteiger partial charge in [0.15, 0.2) is 11.6 Å². The quantitative estimate of drug-likeness (QED) is 0.791. The summed E-state index contributed by atoms with van der Waals surface area (Å²) in [7, 11) is 1.79. The summed E-state index contributed by atoms with van der Waals surface area (Å²) < 4.78 is 26.6. The molecule has 0 aliphatic rings. The first kappa shape index (κ1) is 13.6. The molecule has 1 heterocycles. The molecule has 0 aliphatic carbocycles. The average Bonchev–Trinajstić information content (AvgIpc) is 2.52. The Balaban J connectivity index is 2.16. The van der Waals surface area contributed by atoms with Crippen LogP contribution in [0.5, 0.6) is 0 Å². The second kappa shape index (κ2) is 5.58. The summed E-state index contributed by atoms with van der Waals surface area (Å²) in [6.07, 6.45) is 1.73. The molecule has 0 amide bonds. The van der Waals surface area contributed by atoms with Gasteiger partial charge in [0.05, 0.1) is 11.6 Å². The zero-order chi connectivity index (χ0) is 14.8. The molecule has 0 aliphatic heterocycles. The van der Waals surface area contributed by atoms with E-state index in [1.54, 1.807) is 19.3 Å². The Morgan fingerprint density at radius 3 is 2.57 bits per heavy atom. The Kier molecular flexibility index (Phi) is 3.62. The number of benzene rings is 2. The van der Waals surface area contributed by atoms with E-state index in [-0.39, 0.29) is 6.04 Å². The van der Waals surface area contributed by atoms with Crippen molar-refractivity contribution in [2.45, 2.75) is 6.04 Å². The smallest absolute Gasteiger partial charge is 0.159 e. The van der Waals surface area contributed by atoms with Crippen molar-refractivity contribution in [2.75, 3.05) is 7.05 Å². The molecule has 21 heavy (non-hydrogen) atoms. The number of para-hydroxylation sites is 1. The normalized spacial score (nSPS) is 12.5. The Hall–Kier alpha value is -2.33. The minimum absolute atomic E-state index is 0.251. The van der Waals surface area contributed by atoms with Crippen LogP contribution in [0.1, 0.15) is 17.2 Å². The van der Waals surface area contributed by atoms with Crippen LogP contribution in [0.4, 0.5) is 8.78 Å². The van der Waals surface area contributed by atoms with E-state index in [0.717, 1.165) is 22.5 Å². The number of hydrogen-bond donors (Lipinski definition) is 1. The summed E-state index contributed by atoms with van der Waals surface area (Å²) in [5, 5.41) is 4.16. The predicted octanol–water partition coefficient (Wildman–Crippen LogP) is 3.82. The lowest BCUT2D eigenvalue weighted by atomic mass is 9.96. The fraction of sp³-hybridized carbons (Fsp3) is 0.118. The van der Waals surface area contributed by atoms with Gasteiger partial charge < -0.3 is 5.32 Å². The van der Waals surface area contributed by atoms with Crippen LogP contribution >= 0.6 is 0 Å². The van der Waals surface area contributed by atoms with Crippen molar-refractivity contribution in [3.63, 3.8) is 0 Å². The van der Waals surface area contributed by atoms with Crippen molar-refractivity contribution in [1.82, 2.24) is 10.3 Å². The molecule has 3 aromatic rings. The highest BCUT2D eigenvalue weighted by Gasteiger charge is 2.17. The van der Waals surface area contributed by atoms with E-state index >= 15 is 0 Å². The van der Waals surface area contributed by atoms with E-state index in [1.807, 2.05) is 30.3 Å². The summed E-state index contributed by atoms with van der Waals surface area (Å²) in [4.78, 5) is 4.41. The van der Waals surface area contributed by atoms with Gasteiger partial charge in [-0.25, -0.2) is 8.78 Å². The summed E-state index contributed by atoms with van der Waals surface area (Å²) >= 11 is 0. The molecule has 0 bridgehead atoms. The predicted molar refractivity (Wildman–Crippen MR) is 79.0 cm³/mol. The van der Waals surface area contributed by atoms with Crippen molar-refractivity contribution < 1.29 is 8.78 Å². The molecule has 1 unspecified atom stereocenters. The monoisotopic (exact) mass is 284 g/mol. The Morgan fingerprint density at radius 2 is 1.81 bits per heavy atom. The van der Waals surface area contributed by atoms with Gasteiger partial charge in [-0.1, -0.05) is 30.3 Å². The van der Waals surface area contributed by atoms with E-state index in [0.29, 0.717) is 5.56 Å². The minimum atomic E-state index is -0.846. The largest absolute Gasteiger partial charge is 0.309 e. The van der Waals surface area contributed by atoms with Gasteiger partial charge in [-0.15, -0.1) is 0 Å². The summed E-state index contributed by atoms with van der Waals surface area (Å²) in [6.45, 7) is 0. The van der Waals surface area contributed by atoms with Gasteiger partial charge in [-0.05, 0) is 36.4 Å². The summed E-state index contributed by atoms with van der Waals surface area (Å²) in [6, 6.07) is 13.4. The molecular formula is C17H14F2N2. The molecule has 4 heteroatoms. The van der Waals surface area contributed by atoms with Crippen molar-refractivity contribution in [3.05, 3.63) is 77.5 Å². The van der Waals surface area contributed by atoms with Gasteiger partial charge in [0.25, 0.3) is 0 Å². The second-order valence-electron chi connectivity index (χ2n) is 4.82. The third kappa shape index (κ3) is 2.50. The number of nitrogens with zero attached hydrogens (tertiary/aromatic N) is 1. The first-order valence-electron chi connectivity index (χ1n) is 6.66. The second-order valence-corrected chi connectivity index (χ2v) is 4.82. The zero-order valence-electron chi connectivity index (χ0n) is 11.5. The topological polar surface area (TPSA) is 24.9 Å². The van der Waals surface area contributed by atoms with Crippen LogP contribution in [0.15, 0.2) is 54.7 Å². The highest BCUT2D eigenvalue weighted by atomic mass is 19.2. The number of pyridine rings is 1. The molecule has 0 saturated carbocycles. The number of hydrogen-bond acceptors (Lipinski definition) is 2. The summed E-state index contributed by atoms with van der Waals surface area (Å²) in [5.74, 6) is -1.69. The molecule has 1 aromatic heterocycles. The van der Waals surface area contributed by atoms with E-state index in [2.05, 4.69) is 10.3 Å². The van der Waals surface area contributed by atoms with E-state index in [4.69, 9.17) is 0 Å². The highest BCUT2D eigenvalue weighted by Crippen LogP contribution is 2.28. The molecule has 1 N–H and O–H groups in total. The molecule has 3 rings (SSSR count). The lowest BCUT2D eigenvalue weighted by Gasteiger charge is -2.19. The molecule has 106 valence electrons. The Morgan fingerprint density at radius 1 is 1.00 bits per heavy atom. The van der Waals surface area contributed by atoms with E-state index in [9.17, 15) is 8.78 Å².